The van der Waals surface area contributed by atoms with Crippen LogP contribution >= 0.6 is 0 Å². The standard InChI is InChI=1S/C5H10F2N2/c6-5(7)3-8-1-2-9-4-5/h8-9H,1-4H2. The van der Waals surface area contributed by atoms with E-state index in [9.17, 15) is 8.78 Å². The van der Waals surface area contributed by atoms with E-state index in [1.54, 1.807) is 0 Å². The molecule has 1 fully saturated rings. The lowest BCUT2D eigenvalue weighted by atomic mass is 10.3. The van der Waals surface area contributed by atoms with Crippen LogP contribution in [0.5, 0.6) is 0 Å². The lowest BCUT2D eigenvalue weighted by Gasteiger charge is -2.11. The van der Waals surface area contributed by atoms with E-state index in [2.05, 4.69) is 10.6 Å². The maximum Gasteiger partial charge on any atom is 0.272 e. The summed E-state index contributed by atoms with van der Waals surface area (Å²) < 4.78 is 24.7. The van der Waals surface area contributed by atoms with Gasteiger partial charge in [0.05, 0.1) is 13.1 Å². The Morgan fingerprint density at radius 2 is 1.44 bits per heavy atom. The minimum absolute atomic E-state index is 0.194. The van der Waals surface area contributed by atoms with E-state index in [4.69, 9.17) is 0 Å². The van der Waals surface area contributed by atoms with Gasteiger partial charge in [0.15, 0.2) is 0 Å². The van der Waals surface area contributed by atoms with E-state index in [0.29, 0.717) is 13.1 Å². The highest BCUT2D eigenvalue weighted by molar-refractivity contribution is 4.75. The fourth-order valence-corrected chi connectivity index (χ4v) is 0.782. The molecule has 0 saturated carbocycles. The van der Waals surface area contributed by atoms with Crippen molar-refractivity contribution in [3.8, 4) is 0 Å². The van der Waals surface area contributed by atoms with E-state index < -0.39 is 5.92 Å². The van der Waals surface area contributed by atoms with Crippen molar-refractivity contribution in [2.45, 2.75) is 5.92 Å². The zero-order chi connectivity index (χ0) is 6.74. The summed E-state index contributed by atoms with van der Waals surface area (Å²) in [7, 11) is 0. The summed E-state index contributed by atoms with van der Waals surface area (Å²) in [6.07, 6.45) is 0. The van der Waals surface area contributed by atoms with Crippen LogP contribution in [0.25, 0.3) is 0 Å². The maximum absolute atomic E-state index is 12.3. The quantitative estimate of drug-likeness (QED) is 0.482. The van der Waals surface area contributed by atoms with Crippen molar-refractivity contribution in [1.82, 2.24) is 10.6 Å². The largest absolute Gasteiger partial charge is 0.310 e. The first kappa shape index (κ1) is 6.89. The van der Waals surface area contributed by atoms with E-state index in [-0.39, 0.29) is 13.1 Å². The molecule has 0 aliphatic carbocycles. The van der Waals surface area contributed by atoms with E-state index in [1.807, 2.05) is 0 Å². The van der Waals surface area contributed by atoms with Gasteiger partial charge in [-0.05, 0) is 0 Å². The van der Waals surface area contributed by atoms with Gasteiger partial charge in [0.2, 0.25) is 0 Å². The Kier molecular flexibility index (Phi) is 1.97. The summed E-state index contributed by atoms with van der Waals surface area (Å²) >= 11 is 0. The second kappa shape index (κ2) is 2.58. The van der Waals surface area contributed by atoms with Gasteiger partial charge in [-0.2, -0.15) is 0 Å². The van der Waals surface area contributed by atoms with Gasteiger partial charge in [-0.3, -0.25) is 0 Å². The second-order valence-electron chi connectivity index (χ2n) is 2.21. The van der Waals surface area contributed by atoms with Gasteiger partial charge in [-0.15, -0.1) is 0 Å². The molecular formula is C5H10F2N2. The van der Waals surface area contributed by atoms with Crippen molar-refractivity contribution < 1.29 is 8.78 Å². The molecule has 0 aromatic rings. The monoisotopic (exact) mass is 136 g/mol. The number of hydrogen-bond donors (Lipinski definition) is 2. The lowest BCUT2D eigenvalue weighted by Crippen LogP contribution is -2.35. The number of nitrogens with one attached hydrogen (secondary N) is 2. The van der Waals surface area contributed by atoms with Crippen LogP contribution in [-0.2, 0) is 0 Å². The molecule has 1 aliphatic heterocycles. The molecule has 0 unspecified atom stereocenters. The predicted molar refractivity (Wildman–Crippen MR) is 30.7 cm³/mol. The normalized spacial score (nSPS) is 27.3. The first-order chi connectivity index (χ1) is 4.21. The number of rotatable bonds is 0. The van der Waals surface area contributed by atoms with E-state index in [0.717, 1.165) is 0 Å². The van der Waals surface area contributed by atoms with Gasteiger partial charge in [0.25, 0.3) is 5.92 Å². The van der Waals surface area contributed by atoms with Crippen molar-refractivity contribution in [3.05, 3.63) is 0 Å². The molecule has 9 heavy (non-hydrogen) atoms. The zero-order valence-corrected chi connectivity index (χ0v) is 5.08. The number of hydrogen-bond acceptors (Lipinski definition) is 2. The topological polar surface area (TPSA) is 24.1 Å². The van der Waals surface area contributed by atoms with Crippen LogP contribution in [-0.4, -0.2) is 32.1 Å². The zero-order valence-electron chi connectivity index (χ0n) is 5.08. The molecule has 2 N–H and O–H groups in total. The summed E-state index contributed by atoms with van der Waals surface area (Å²) in [6, 6.07) is 0. The molecule has 54 valence electrons. The van der Waals surface area contributed by atoms with Crippen LogP contribution < -0.4 is 10.6 Å². The Morgan fingerprint density at radius 1 is 1.00 bits per heavy atom. The molecule has 2 nitrogen and oxygen atoms in total. The van der Waals surface area contributed by atoms with Crippen molar-refractivity contribution in [2.24, 2.45) is 0 Å². The van der Waals surface area contributed by atoms with Gasteiger partial charge in [0.1, 0.15) is 0 Å². The first-order valence-electron chi connectivity index (χ1n) is 3.00. The van der Waals surface area contributed by atoms with Crippen LogP contribution in [0.15, 0.2) is 0 Å². The Labute approximate surface area is 52.6 Å². The van der Waals surface area contributed by atoms with Crippen LogP contribution in [0.1, 0.15) is 0 Å². The summed E-state index contributed by atoms with van der Waals surface area (Å²) in [6.45, 7) is 0.880. The van der Waals surface area contributed by atoms with Gasteiger partial charge in [-0.25, -0.2) is 8.78 Å². The maximum atomic E-state index is 12.3. The van der Waals surface area contributed by atoms with Crippen molar-refractivity contribution in [3.63, 3.8) is 0 Å². The summed E-state index contributed by atoms with van der Waals surface area (Å²) in [5, 5.41) is 5.25. The third kappa shape index (κ3) is 2.24. The van der Waals surface area contributed by atoms with Gasteiger partial charge >= 0.3 is 0 Å². The van der Waals surface area contributed by atoms with Crippen LogP contribution in [0.4, 0.5) is 8.78 Å². The van der Waals surface area contributed by atoms with Gasteiger partial charge < -0.3 is 10.6 Å². The van der Waals surface area contributed by atoms with Gasteiger partial charge in [0, 0.05) is 13.1 Å². The lowest BCUT2D eigenvalue weighted by molar-refractivity contribution is 0.0104. The van der Waals surface area contributed by atoms with Crippen LogP contribution in [0, 0.1) is 0 Å². The molecular weight excluding hydrogens is 126 g/mol. The van der Waals surface area contributed by atoms with Crippen molar-refractivity contribution in [1.29, 1.82) is 0 Å². The first-order valence-corrected chi connectivity index (χ1v) is 3.00. The fraction of sp³-hybridized carbons (Fsp3) is 1.00. The smallest absolute Gasteiger partial charge is 0.272 e. The molecule has 0 amide bonds. The third-order valence-corrected chi connectivity index (χ3v) is 1.25. The van der Waals surface area contributed by atoms with Crippen LogP contribution in [0.2, 0.25) is 0 Å². The highest BCUT2D eigenvalue weighted by Gasteiger charge is 2.28. The summed E-state index contributed by atoms with van der Waals surface area (Å²) in [4.78, 5) is 0. The summed E-state index contributed by atoms with van der Waals surface area (Å²) in [5.74, 6) is -2.56. The summed E-state index contributed by atoms with van der Waals surface area (Å²) in [5.41, 5.74) is 0. The molecule has 0 atom stereocenters. The Morgan fingerprint density at radius 3 is 1.89 bits per heavy atom. The Balaban J connectivity index is 2.36. The van der Waals surface area contributed by atoms with Crippen molar-refractivity contribution >= 4 is 0 Å². The Hall–Kier alpha value is -0.220. The van der Waals surface area contributed by atoms with E-state index >= 15 is 0 Å². The molecule has 1 aliphatic rings. The number of halogens is 2. The molecule has 1 heterocycles. The molecule has 0 radical (unpaired) electrons. The van der Waals surface area contributed by atoms with E-state index in [1.165, 1.54) is 0 Å². The SMILES string of the molecule is FC1(F)CNCCNC1. The average Bonchev–Trinajstić information content (AvgIpc) is 1.92. The minimum atomic E-state index is -2.56. The predicted octanol–water partition coefficient (Wildman–Crippen LogP) is -0.186. The highest BCUT2D eigenvalue weighted by Crippen LogP contribution is 2.10. The molecule has 4 heteroatoms. The molecule has 0 spiro atoms. The minimum Gasteiger partial charge on any atom is -0.310 e. The molecule has 0 aromatic carbocycles. The third-order valence-electron chi connectivity index (χ3n) is 1.25. The van der Waals surface area contributed by atoms with Crippen molar-refractivity contribution in [2.75, 3.05) is 26.2 Å². The molecule has 1 saturated heterocycles. The van der Waals surface area contributed by atoms with Crippen LogP contribution in [0.3, 0.4) is 0 Å². The molecule has 1 rings (SSSR count). The average molecular weight is 136 g/mol. The molecule has 0 aromatic heterocycles. The fourth-order valence-electron chi connectivity index (χ4n) is 0.782. The highest BCUT2D eigenvalue weighted by atomic mass is 19.3. The number of alkyl halides is 2. The van der Waals surface area contributed by atoms with Gasteiger partial charge in [-0.1, -0.05) is 0 Å². The second-order valence-corrected chi connectivity index (χ2v) is 2.21. The Bertz CT molecular complexity index is 85.0. The molecule has 0 bridgehead atoms.